The molecule has 2 aromatic carbocycles. The van der Waals surface area contributed by atoms with Gasteiger partial charge in [0.05, 0.1) is 19.3 Å². The summed E-state index contributed by atoms with van der Waals surface area (Å²) in [4.78, 5) is 19.5. The third-order valence-corrected chi connectivity index (χ3v) is 7.77. The van der Waals surface area contributed by atoms with E-state index in [0.29, 0.717) is 44.0 Å². The molecule has 9 heteroatoms. The highest BCUT2D eigenvalue weighted by atomic mass is 32.2. The van der Waals surface area contributed by atoms with Crippen molar-refractivity contribution >= 4 is 28.2 Å². The Labute approximate surface area is 219 Å². The van der Waals surface area contributed by atoms with E-state index in [-0.39, 0.29) is 17.2 Å². The minimum absolute atomic E-state index is 0.0789. The van der Waals surface area contributed by atoms with Crippen LogP contribution in [0, 0.1) is 0 Å². The van der Waals surface area contributed by atoms with Crippen LogP contribution >= 0.6 is 0 Å². The Morgan fingerprint density at radius 1 is 1.05 bits per heavy atom. The number of hydrogen-bond acceptors (Lipinski definition) is 7. The maximum atomic E-state index is 13.0. The van der Waals surface area contributed by atoms with Crippen LogP contribution in [0.5, 0.6) is 0 Å². The van der Waals surface area contributed by atoms with Crippen LogP contribution in [-0.2, 0) is 22.5 Å². The van der Waals surface area contributed by atoms with E-state index in [1.807, 2.05) is 74.5 Å². The number of benzene rings is 2. The maximum Gasteiger partial charge on any atom is 0.272 e. The van der Waals surface area contributed by atoms with Crippen molar-refractivity contribution in [2.45, 2.75) is 31.6 Å². The van der Waals surface area contributed by atoms with E-state index in [1.54, 1.807) is 11.0 Å². The second-order valence-electron chi connectivity index (χ2n) is 9.25. The molecule has 0 aliphatic carbocycles. The Balaban J connectivity index is 1.49. The van der Waals surface area contributed by atoms with Crippen molar-refractivity contribution in [3.8, 4) is 11.3 Å². The second-order valence-corrected chi connectivity index (χ2v) is 11.0. The number of hydrogen-bond donors (Lipinski definition) is 1. The molecular formula is C28H30N4O4S. The molecule has 8 nitrogen and oxygen atoms in total. The number of amides is 1. The summed E-state index contributed by atoms with van der Waals surface area (Å²) in [5, 5.41) is 5.20. The van der Waals surface area contributed by atoms with Crippen molar-refractivity contribution in [3.63, 3.8) is 0 Å². The van der Waals surface area contributed by atoms with E-state index < -0.39 is 11.4 Å². The molecule has 1 amide bonds. The molecule has 0 saturated carbocycles. The lowest BCUT2D eigenvalue weighted by molar-refractivity contribution is 0.0299. The predicted octanol–water partition coefficient (Wildman–Crippen LogP) is 4.31. The molecule has 37 heavy (non-hydrogen) atoms. The SMILES string of the molecule is CC(C)[S@+]([O-])N[C@@H](Cc1cccc(C(=O)N2CCOCC2)n1)c1ccccc1-c1noc2ccccc12. The summed E-state index contributed by atoms with van der Waals surface area (Å²) in [5.41, 5.74) is 4.40. The first-order valence-corrected chi connectivity index (χ1v) is 13.7. The first-order valence-electron chi connectivity index (χ1n) is 12.4. The number of pyridine rings is 1. The zero-order valence-corrected chi connectivity index (χ0v) is 21.7. The average Bonchev–Trinajstić information content (AvgIpc) is 3.37. The van der Waals surface area contributed by atoms with Crippen LogP contribution in [-0.4, -0.2) is 57.1 Å². The second kappa shape index (κ2) is 11.4. The normalized spacial score (nSPS) is 15.7. The number of carbonyl (C=O) groups is 1. The first kappa shape index (κ1) is 25.4. The standard InChI is InChI=1S/C28H30N4O4S/c1-19(2)37(34)31-25(18-20-8-7-12-24(29-20)28(33)32-14-16-35-17-15-32)21-9-3-4-10-22(21)27-23-11-5-6-13-26(23)36-30-27/h3-13,19,25,31H,14-18H2,1-2H3/t25-,37-/m0/s1. The quantitative estimate of drug-likeness (QED) is 0.347. The first-order chi connectivity index (χ1) is 18.0. The summed E-state index contributed by atoms with van der Waals surface area (Å²) in [6.45, 7) is 6.01. The van der Waals surface area contributed by atoms with Gasteiger partial charge in [0.15, 0.2) is 5.58 Å². The average molecular weight is 519 g/mol. The number of carbonyl (C=O) groups excluding carboxylic acids is 1. The Morgan fingerprint density at radius 3 is 2.62 bits per heavy atom. The lowest BCUT2D eigenvalue weighted by atomic mass is 9.94. The van der Waals surface area contributed by atoms with E-state index in [9.17, 15) is 9.35 Å². The van der Waals surface area contributed by atoms with Crippen molar-refractivity contribution in [3.05, 3.63) is 83.7 Å². The van der Waals surface area contributed by atoms with E-state index in [1.165, 1.54) is 0 Å². The van der Waals surface area contributed by atoms with E-state index in [2.05, 4.69) is 9.88 Å². The van der Waals surface area contributed by atoms with Gasteiger partial charge in [-0.3, -0.25) is 4.79 Å². The van der Waals surface area contributed by atoms with Crippen LogP contribution in [0.3, 0.4) is 0 Å². The van der Waals surface area contributed by atoms with Crippen molar-refractivity contribution in [1.29, 1.82) is 0 Å². The molecule has 0 spiro atoms. The van der Waals surface area contributed by atoms with E-state index in [0.717, 1.165) is 27.9 Å². The van der Waals surface area contributed by atoms with Gasteiger partial charge in [-0.15, -0.1) is 4.72 Å². The number of aromatic nitrogens is 2. The largest absolute Gasteiger partial charge is 0.598 e. The number of para-hydroxylation sites is 1. The molecule has 3 heterocycles. The molecule has 1 fully saturated rings. The van der Waals surface area contributed by atoms with Gasteiger partial charge in [0.1, 0.15) is 16.6 Å². The van der Waals surface area contributed by atoms with E-state index in [4.69, 9.17) is 14.2 Å². The molecular weight excluding hydrogens is 488 g/mol. The molecule has 0 bridgehead atoms. The number of rotatable bonds is 8. The fourth-order valence-corrected chi connectivity index (χ4v) is 5.20. The zero-order chi connectivity index (χ0) is 25.8. The van der Waals surface area contributed by atoms with Crippen molar-refractivity contribution in [2.75, 3.05) is 26.3 Å². The van der Waals surface area contributed by atoms with Crippen molar-refractivity contribution in [1.82, 2.24) is 19.8 Å². The number of nitrogens with one attached hydrogen (secondary N) is 1. The van der Waals surface area contributed by atoms with Gasteiger partial charge in [-0.05, 0) is 43.7 Å². The molecule has 5 rings (SSSR count). The Kier molecular flexibility index (Phi) is 7.85. The number of morpholine rings is 1. The Hall–Kier alpha value is -3.24. The van der Waals surface area contributed by atoms with Crippen LogP contribution < -0.4 is 4.72 Å². The monoisotopic (exact) mass is 518 g/mol. The number of ether oxygens (including phenoxy) is 1. The summed E-state index contributed by atoms with van der Waals surface area (Å²) >= 11 is -1.29. The highest BCUT2D eigenvalue weighted by Crippen LogP contribution is 2.34. The summed E-state index contributed by atoms with van der Waals surface area (Å²) in [6, 6.07) is 20.8. The number of nitrogens with zero attached hydrogens (tertiary/aromatic N) is 3. The van der Waals surface area contributed by atoms with Gasteiger partial charge in [0, 0.05) is 47.5 Å². The van der Waals surface area contributed by atoms with Gasteiger partial charge in [-0.25, -0.2) is 4.98 Å². The molecule has 1 saturated heterocycles. The molecule has 192 valence electrons. The lowest BCUT2D eigenvalue weighted by Crippen LogP contribution is -2.41. The van der Waals surface area contributed by atoms with Crippen molar-refractivity contribution < 1.29 is 18.6 Å². The topological polar surface area (TPSA) is 104 Å². The highest BCUT2D eigenvalue weighted by molar-refractivity contribution is 7.90. The maximum absolute atomic E-state index is 13.0. The van der Waals surface area contributed by atoms with Gasteiger partial charge in [-0.2, -0.15) is 0 Å². The smallest absolute Gasteiger partial charge is 0.272 e. The fraction of sp³-hybridized carbons (Fsp3) is 0.321. The van der Waals surface area contributed by atoms with Gasteiger partial charge >= 0.3 is 0 Å². The summed E-state index contributed by atoms with van der Waals surface area (Å²) in [7, 11) is 0. The third kappa shape index (κ3) is 5.70. The molecule has 1 N–H and O–H groups in total. The van der Waals surface area contributed by atoms with Crippen LogP contribution in [0.25, 0.3) is 22.2 Å². The third-order valence-electron chi connectivity index (χ3n) is 6.39. The van der Waals surface area contributed by atoms with Crippen LogP contribution in [0.4, 0.5) is 0 Å². The van der Waals surface area contributed by atoms with Gasteiger partial charge in [0.2, 0.25) is 0 Å². The molecule has 1 aliphatic heterocycles. The van der Waals surface area contributed by atoms with E-state index >= 15 is 0 Å². The molecule has 0 radical (unpaired) electrons. The lowest BCUT2D eigenvalue weighted by Gasteiger charge is -2.27. The Morgan fingerprint density at radius 2 is 1.81 bits per heavy atom. The van der Waals surface area contributed by atoms with Crippen LogP contribution in [0.15, 0.2) is 71.3 Å². The summed E-state index contributed by atoms with van der Waals surface area (Å²) in [5.74, 6) is -0.102. The molecule has 2 atom stereocenters. The fourth-order valence-electron chi connectivity index (χ4n) is 4.44. The van der Waals surface area contributed by atoms with Crippen LogP contribution in [0.1, 0.15) is 41.6 Å². The predicted molar refractivity (Wildman–Crippen MR) is 143 cm³/mol. The van der Waals surface area contributed by atoms with Gasteiger partial charge in [0.25, 0.3) is 5.91 Å². The highest BCUT2D eigenvalue weighted by Gasteiger charge is 2.27. The number of fused-ring (bicyclic) bond motifs is 1. The molecule has 0 unspecified atom stereocenters. The molecule has 2 aromatic heterocycles. The van der Waals surface area contributed by atoms with Crippen LogP contribution in [0.2, 0.25) is 0 Å². The van der Waals surface area contributed by atoms with Crippen molar-refractivity contribution in [2.24, 2.45) is 0 Å². The zero-order valence-electron chi connectivity index (χ0n) is 20.9. The minimum atomic E-state index is -1.29. The summed E-state index contributed by atoms with van der Waals surface area (Å²) in [6.07, 6.45) is 0.440. The minimum Gasteiger partial charge on any atom is -0.598 e. The van der Waals surface area contributed by atoms with Gasteiger partial charge < -0.3 is 18.7 Å². The molecule has 4 aromatic rings. The van der Waals surface area contributed by atoms with Gasteiger partial charge in [-0.1, -0.05) is 47.6 Å². The summed E-state index contributed by atoms with van der Waals surface area (Å²) < 4.78 is 27.2. The molecule has 1 aliphatic rings. The Bertz CT molecular complexity index is 1370.